The van der Waals surface area contributed by atoms with Gasteiger partial charge in [-0.3, -0.25) is 14.5 Å². The summed E-state index contributed by atoms with van der Waals surface area (Å²) >= 11 is 0. The van der Waals surface area contributed by atoms with Gasteiger partial charge in [-0.15, -0.1) is 0 Å². The summed E-state index contributed by atoms with van der Waals surface area (Å²) in [5, 5.41) is 0. The van der Waals surface area contributed by atoms with Gasteiger partial charge in [0.25, 0.3) is 0 Å². The normalized spacial score (nSPS) is 19.6. The number of nitrogens with zero attached hydrogens (tertiary/aromatic N) is 2. The fourth-order valence-corrected chi connectivity index (χ4v) is 5.60. The van der Waals surface area contributed by atoms with Crippen molar-refractivity contribution in [1.82, 2.24) is 9.80 Å². The van der Waals surface area contributed by atoms with Gasteiger partial charge in [-0.2, -0.15) is 0 Å². The third-order valence-corrected chi connectivity index (χ3v) is 7.73. The molecule has 182 valence electrons. The van der Waals surface area contributed by atoms with Crippen LogP contribution in [0.5, 0.6) is 0 Å². The highest BCUT2D eigenvalue weighted by molar-refractivity contribution is 5.99. The minimum atomic E-state index is -0.299. The van der Waals surface area contributed by atoms with Crippen LogP contribution in [0.4, 0.5) is 4.39 Å². The van der Waals surface area contributed by atoms with Crippen molar-refractivity contribution in [3.05, 3.63) is 69.5 Å². The molecule has 1 saturated heterocycles. The molecule has 4 nitrogen and oxygen atoms in total. The van der Waals surface area contributed by atoms with Gasteiger partial charge in [0.15, 0.2) is 5.78 Å². The number of ketones is 1. The van der Waals surface area contributed by atoms with Crippen LogP contribution in [0.15, 0.2) is 30.3 Å². The largest absolute Gasteiger partial charge is 0.337 e. The molecule has 2 aromatic carbocycles. The number of benzene rings is 2. The first kappa shape index (κ1) is 24.6. The molecule has 1 atom stereocenters. The number of amides is 1. The maximum absolute atomic E-state index is 14.6. The topological polar surface area (TPSA) is 40.6 Å². The number of aryl methyl sites for hydroxylation is 2. The molecule has 5 heteroatoms. The van der Waals surface area contributed by atoms with Crippen LogP contribution in [0.25, 0.3) is 0 Å². The minimum Gasteiger partial charge on any atom is -0.337 e. The highest BCUT2D eigenvalue weighted by Crippen LogP contribution is 2.28. The van der Waals surface area contributed by atoms with Crippen molar-refractivity contribution in [1.29, 1.82) is 0 Å². The number of carbonyl (C=O) groups is 2. The highest BCUT2D eigenvalue weighted by Gasteiger charge is 2.33. The molecule has 1 heterocycles. The standard InChI is InChI=1S/C29H37FN2O2/c1-19-9-10-20(2)27(13-19)28(33)16-24-14-26(30)15-25(22(24)4)18-31-11-12-32(21(3)17-31)29(34)23-7-5-6-8-23/h9-10,13-15,21,23H,5-8,11-12,16-18H2,1-4H3/t21-/m0/s1. The summed E-state index contributed by atoms with van der Waals surface area (Å²) < 4.78 is 14.6. The molecule has 0 N–H and O–H groups in total. The fourth-order valence-electron chi connectivity index (χ4n) is 5.60. The number of Topliss-reactive ketones (excluding diaryl/α,β-unsaturated/α-hetero) is 1. The number of hydrogen-bond donors (Lipinski definition) is 0. The third-order valence-electron chi connectivity index (χ3n) is 7.73. The second kappa shape index (κ2) is 10.4. The zero-order chi connectivity index (χ0) is 24.4. The molecular formula is C29H37FN2O2. The summed E-state index contributed by atoms with van der Waals surface area (Å²) in [5.41, 5.74) is 5.36. The molecule has 1 amide bonds. The Kier molecular flexibility index (Phi) is 7.51. The molecule has 2 aliphatic rings. The van der Waals surface area contributed by atoms with Crippen LogP contribution in [0, 0.1) is 32.5 Å². The number of hydrogen-bond acceptors (Lipinski definition) is 3. The number of carbonyl (C=O) groups excluding carboxylic acids is 2. The quantitative estimate of drug-likeness (QED) is 0.538. The predicted molar refractivity (Wildman–Crippen MR) is 133 cm³/mol. The van der Waals surface area contributed by atoms with E-state index >= 15 is 0 Å². The number of halogens is 1. The van der Waals surface area contributed by atoms with Crippen LogP contribution in [-0.2, 0) is 17.8 Å². The monoisotopic (exact) mass is 464 g/mol. The molecule has 1 saturated carbocycles. The molecule has 1 aliphatic heterocycles. The molecule has 2 fully saturated rings. The molecule has 0 radical (unpaired) electrons. The van der Waals surface area contributed by atoms with E-state index in [0.29, 0.717) is 18.0 Å². The maximum atomic E-state index is 14.6. The van der Waals surface area contributed by atoms with E-state index in [1.165, 1.54) is 6.07 Å². The van der Waals surface area contributed by atoms with Gasteiger partial charge in [-0.1, -0.05) is 30.5 Å². The van der Waals surface area contributed by atoms with Gasteiger partial charge in [0.2, 0.25) is 5.91 Å². The van der Waals surface area contributed by atoms with E-state index in [1.54, 1.807) is 6.07 Å². The lowest BCUT2D eigenvalue weighted by molar-refractivity contribution is -0.140. The van der Waals surface area contributed by atoms with E-state index in [1.807, 2.05) is 39.0 Å². The van der Waals surface area contributed by atoms with Crippen molar-refractivity contribution in [3.8, 4) is 0 Å². The van der Waals surface area contributed by atoms with Crippen molar-refractivity contribution in [3.63, 3.8) is 0 Å². The van der Waals surface area contributed by atoms with Crippen molar-refractivity contribution < 1.29 is 14.0 Å². The first-order valence-corrected chi connectivity index (χ1v) is 12.6. The summed E-state index contributed by atoms with van der Waals surface area (Å²) in [6.07, 6.45) is 4.58. The molecule has 4 rings (SSSR count). The van der Waals surface area contributed by atoms with Crippen LogP contribution in [0.1, 0.15) is 70.8 Å². The number of rotatable bonds is 6. The molecule has 2 aromatic rings. The fraction of sp³-hybridized carbons (Fsp3) is 0.517. The Morgan fingerprint density at radius 1 is 1.00 bits per heavy atom. The maximum Gasteiger partial charge on any atom is 0.226 e. The van der Waals surface area contributed by atoms with Crippen molar-refractivity contribution in [2.45, 2.75) is 72.4 Å². The Morgan fingerprint density at radius 2 is 1.71 bits per heavy atom. The van der Waals surface area contributed by atoms with E-state index in [0.717, 1.165) is 73.1 Å². The van der Waals surface area contributed by atoms with Crippen LogP contribution < -0.4 is 0 Å². The van der Waals surface area contributed by atoms with Gasteiger partial charge in [-0.05, 0) is 81.0 Å². The molecule has 0 bridgehead atoms. The Hall–Kier alpha value is -2.53. The van der Waals surface area contributed by atoms with Gasteiger partial charge in [0.1, 0.15) is 5.82 Å². The average Bonchev–Trinajstić information content (AvgIpc) is 3.33. The molecular weight excluding hydrogens is 427 g/mol. The first-order valence-electron chi connectivity index (χ1n) is 12.6. The second-order valence-electron chi connectivity index (χ2n) is 10.4. The summed E-state index contributed by atoms with van der Waals surface area (Å²) in [5.74, 6) is 0.247. The first-order chi connectivity index (χ1) is 16.2. The summed E-state index contributed by atoms with van der Waals surface area (Å²) in [6.45, 7) is 10.9. The van der Waals surface area contributed by atoms with Crippen LogP contribution in [0.3, 0.4) is 0 Å². The van der Waals surface area contributed by atoms with Gasteiger partial charge >= 0.3 is 0 Å². The van der Waals surface area contributed by atoms with Gasteiger partial charge < -0.3 is 4.90 Å². The molecule has 0 spiro atoms. The minimum absolute atomic E-state index is 0.0218. The van der Waals surface area contributed by atoms with E-state index in [9.17, 15) is 14.0 Å². The van der Waals surface area contributed by atoms with Crippen molar-refractivity contribution >= 4 is 11.7 Å². The van der Waals surface area contributed by atoms with Crippen LogP contribution in [0.2, 0.25) is 0 Å². The van der Waals surface area contributed by atoms with Crippen LogP contribution >= 0.6 is 0 Å². The Balaban J connectivity index is 1.44. The summed E-state index contributed by atoms with van der Waals surface area (Å²) in [7, 11) is 0. The van der Waals surface area contributed by atoms with E-state index in [2.05, 4.69) is 16.7 Å². The number of piperazine rings is 1. The molecule has 0 aromatic heterocycles. The zero-order valence-corrected chi connectivity index (χ0v) is 21.0. The zero-order valence-electron chi connectivity index (χ0n) is 21.0. The van der Waals surface area contributed by atoms with E-state index in [-0.39, 0.29) is 30.0 Å². The predicted octanol–water partition coefficient (Wildman–Crippen LogP) is 5.40. The summed E-state index contributed by atoms with van der Waals surface area (Å²) in [6, 6.07) is 9.14. The lowest BCUT2D eigenvalue weighted by atomic mass is 9.93. The van der Waals surface area contributed by atoms with Gasteiger partial charge in [-0.25, -0.2) is 4.39 Å². The lowest BCUT2D eigenvalue weighted by Gasteiger charge is -2.41. The summed E-state index contributed by atoms with van der Waals surface area (Å²) in [4.78, 5) is 30.3. The average molecular weight is 465 g/mol. The van der Waals surface area contributed by atoms with Gasteiger partial charge in [0.05, 0.1) is 0 Å². The third kappa shape index (κ3) is 5.41. The smallest absolute Gasteiger partial charge is 0.226 e. The SMILES string of the molecule is Cc1ccc(C)c(C(=O)Cc2cc(F)cc(CN3CCN(C(=O)C4CCCC4)[C@@H](C)C3)c2C)c1. The van der Waals surface area contributed by atoms with Gasteiger partial charge in [0, 0.05) is 50.1 Å². The molecule has 34 heavy (non-hydrogen) atoms. The van der Waals surface area contributed by atoms with Crippen molar-refractivity contribution in [2.24, 2.45) is 5.92 Å². The van der Waals surface area contributed by atoms with Crippen LogP contribution in [-0.4, -0.2) is 47.2 Å². The Labute approximate surface area is 203 Å². The van der Waals surface area contributed by atoms with E-state index in [4.69, 9.17) is 0 Å². The highest BCUT2D eigenvalue weighted by atomic mass is 19.1. The Morgan fingerprint density at radius 3 is 2.41 bits per heavy atom. The van der Waals surface area contributed by atoms with Crippen molar-refractivity contribution in [2.75, 3.05) is 19.6 Å². The Bertz CT molecular complexity index is 1070. The van der Waals surface area contributed by atoms with E-state index < -0.39 is 0 Å². The second-order valence-corrected chi connectivity index (χ2v) is 10.4. The molecule has 0 unspecified atom stereocenters. The lowest BCUT2D eigenvalue weighted by Crippen LogP contribution is -2.54. The molecule has 1 aliphatic carbocycles.